The number of aromatic nitrogens is 1. The Morgan fingerprint density at radius 1 is 0.828 bits per heavy atom. The van der Waals surface area contributed by atoms with Gasteiger partial charge in [-0.3, -0.25) is 9.63 Å². The smallest absolute Gasteiger partial charge is 0.276 e. The molecular formula is C25H22N2O2. The van der Waals surface area contributed by atoms with Gasteiger partial charge in [-0.25, -0.2) is 5.48 Å². The highest BCUT2D eigenvalue weighted by Crippen LogP contribution is 2.36. The van der Waals surface area contributed by atoms with Crippen molar-refractivity contribution in [3.8, 4) is 0 Å². The molecule has 4 nitrogen and oxygen atoms in total. The van der Waals surface area contributed by atoms with Crippen LogP contribution in [0.4, 0.5) is 0 Å². The number of carbonyl (C=O) groups is 1. The Labute approximate surface area is 169 Å². The molecule has 0 atom stereocenters. The molecule has 4 rings (SSSR count). The van der Waals surface area contributed by atoms with E-state index in [0.717, 1.165) is 38.9 Å². The van der Waals surface area contributed by atoms with Crippen molar-refractivity contribution >= 4 is 28.0 Å². The number of H-pyrrole nitrogens is 1. The van der Waals surface area contributed by atoms with E-state index in [1.807, 2.05) is 78.9 Å². The SMILES string of the molecule is CONC(=O)/C(=C(/c1ccccc1)c1[nH]c2ccccc2c1C)c1ccccc1. The van der Waals surface area contributed by atoms with Gasteiger partial charge in [0, 0.05) is 16.5 Å². The maximum atomic E-state index is 13.2. The van der Waals surface area contributed by atoms with Gasteiger partial charge in [0.25, 0.3) is 5.91 Å². The van der Waals surface area contributed by atoms with E-state index >= 15 is 0 Å². The van der Waals surface area contributed by atoms with Crippen LogP contribution in [-0.2, 0) is 9.63 Å². The average Bonchev–Trinajstić information content (AvgIpc) is 3.09. The van der Waals surface area contributed by atoms with Crippen molar-refractivity contribution < 1.29 is 9.63 Å². The maximum Gasteiger partial charge on any atom is 0.276 e. The minimum absolute atomic E-state index is 0.296. The van der Waals surface area contributed by atoms with E-state index in [2.05, 4.69) is 23.5 Å². The molecule has 4 heteroatoms. The first-order valence-corrected chi connectivity index (χ1v) is 9.47. The van der Waals surface area contributed by atoms with Crippen molar-refractivity contribution in [1.82, 2.24) is 10.5 Å². The van der Waals surface area contributed by atoms with Crippen LogP contribution in [0.3, 0.4) is 0 Å². The van der Waals surface area contributed by atoms with E-state index in [4.69, 9.17) is 4.84 Å². The number of hydrogen-bond acceptors (Lipinski definition) is 2. The predicted octanol–water partition coefficient (Wildman–Crippen LogP) is 5.11. The molecular weight excluding hydrogens is 360 g/mol. The van der Waals surface area contributed by atoms with Gasteiger partial charge in [-0.05, 0) is 29.7 Å². The van der Waals surface area contributed by atoms with E-state index in [1.54, 1.807) is 0 Å². The van der Waals surface area contributed by atoms with Crippen molar-refractivity contribution in [2.45, 2.75) is 6.92 Å². The summed E-state index contributed by atoms with van der Waals surface area (Å²) in [5.41, 5.74) is 8.71. The Balaban J connectivity index is 2.10. The van der Waals surface area contributed by atoms with Crippen molar-refractivity contribution in [3.63, 3.8) is 0 Å². The Bertz CT molecular complexity index is 1180. The van der Waals surface area contributed by atoms with Crippen LogP contribution in [0.1, 0.15) is 22.4 Å². The number of amides is 1. The number of hydroxylamine groups is 1. The van der Waals surface area contributed by atoms with Gasteiger partial charge in [0.05, 0.1) is 18.4 Å². The lowest BCUT2D eigenvalue weighted by atomic mass is 9.90. The molecule has 0 spiro atoms. The van der Waals surface area contributed by atoms with Crippen molar-refractivity contribution in [2.24, 2.45) is 0 Å². The fraction of sp³-hybridized carbons (Fsp3) is 0.0800. The fourth-order valence-electron chi connectivity index (χ4n) is 3.69. The van der Waals surface area contributed by atoms with E-state index in [9.17, 15) is 4.79 Å². The normalized spacial score (nSPS) is 11.9. The number of benzene rings is 3. The Morgan fingerprint density at radius 3 is 2.03 bits per heavy atom. The number of aryl methyl sites for hydroxylation is 1. The predicted molar refractivity (Wildman–Crippen MR) is 117 cm³/mol. The largest absolute Gasteiger partial charge is 0.354 e. The molecule has 0 aliphatic rings. The second-order valence-corrected chi connectivity index (χ2v) is 6.79. The molecule has 1 aromatic heterocycles. The highest BCUT2D eigenvalue weighted by Gasteiger charge is 2.23. The minimum atomic E-state index is -0.296. The number of carbonyl (C=O) groups excluding carboxylic acids is 1. The zero-order valence-electron chi connectivity index (χ0n) is 16.4. The first kappa shape index (κ1) is 18.7. The van der Waals surface area contributed by atoms with E-state index < -0.39 is 0 Å². The van der Waals surface area contributed by atoms with Crippen LogP contribution in [0.25, 0.3) is 22.0 Å². The lowest BCUT2D eigenvalue weighted by Crippen LogP contribution is -2.24. The van der Waals surface area contributed by atoms with Crippen LogP contribution in [0, 0.1) is 6.92 Å². The van der Waals surface area contributed by atoms with Crippen LogP contribution in [0.15, 0.2) is 84.9 Å². The second-order valence-electron chi connectivity index (χ2n) is 6.79. The van der Waals surface area contributed by atoms with Crippen LogP contribution in [0.5, 0.6) is 0 Å². The molecule has 0 saturated carbocycles. The quantitative estimate of drug-likeness (QED) is 0.286. The summed E-state index contributed by atoms with van der Waals surface area (Å²) < 4.78 is 0. The second kappa shape index (κ2) is 8.17. The number of nitrogens with one attached hydrogen (secondary N) is 2. The van der Waals surface area contributed by atoms with Gasteiger partial charge in [-0.15, -0.1) is 0 Å². The van der Waals surface area contributed by atoms with E-state index in [-0.39, 0.29) is 5.91 Å². The monoisotopic (exact) mass is 382 g/mol. The van der Waals surface area contributed by atoms with Gasteiger partial charge >= 0.3 is 0 Å². The molecule has 29 heavy (non-hydrogen) atoms. The molecule has 0 aliphatic carbocycles. The molecule has 1 heterocycles. The number of aromatic amines is 1. The third-order valence-electron chi connectivity index (χ3n) is 5.01. The molecule has 0 fully saturated rings. The summed E-state index contributed by atoms with van der Waals surface area (Å²) in [4.78, 5) is 21.7. The number of rotatable bonds is 5. The average molecular weight is 382 g/mol. The lowest BCUT2D eigenvalue weighted by molar-refractivity contribution is -0.125. The van der Waals surface area contributed by atoms with E-state index in [1.165, 1.54) is 7.11 Å². The number of hydrogen-bond donors (Lipinski definition) is 2. The van der Waals surface area contributed by atoms with Crippen molar-refractivity contribution in [3.05, 3.63) is 107 Å². The Kier molecular flexibility index (Phi) is 5.27. The topological polar surface area (TPSA) is 54.1 Å². The summed E-state index contributed by atoms with van der Waals surface area (Å²) >= 11 is 0. The molecule has 0 unspecified atom stereocenters. The Hall–Kier alpha value is -3.63. The zero-order chi connectivity index (χ0) is 20.2. The molecule has 0 bridgehead atoms. The summed E-state index contributed by atoms with van der Waals surface area (Å²) in [7, 11) is 1.44. The number of fused-ring (bicyclic) bond motifs is 1. The summed E-state index contributed by atoms with van der Waals surface area (Å²) in [5.74, 6) is -0.296. The zero-order valence-corrected chi connectivity index (χ0v) is 16.4. The first-order chi connectivity index (χ1) is 14.2. The third-order valence-corrected chi connectivity index (χ3v) is 5.01. The molecule has 3 aromatic carbocycles. The Morgan fingerprint density at radius 2 is 1.41 bits per heavy atom. The number of para-hydroxylation sites is 1. The molecule has 0 saturated heterocycles. The summed E-state index contributed by atoms with van der Waals surface area (Å²) in [6, 6.07) is 27.8. The summed E-state index contributed by atoms with van der Waals surface area (Å²) in [6.45, 7) is 2.08. The van der Waals surface area contributed by atoms with Crippen LogP contribution in [0.2, 0.25) is 0 Å². The standard InChI is InChI=1S/C25H22N2O2/c1-17-20-15-9-10-16-21(20)26-24(17)22(18-11-5-3-6-12-18)23(25(28)27-29-2)19-13-7-4-8-14-19/h3-16,26H,1-2H3,(H,27,28)/b23-22-. The van der Waals surface area contributed by atoms with Gasteiger partial charge in [0.2, 0.25) is 0 Å². The van der Waals surface area contributed by atoms with Gasteiger partial charge in [0.15, 0.2) is 0 Å². The van der Waals surface area contributed by atoms with Gasteiger partial charge in [-0.1, -0.05) is 78.9 Å². The van der Waals surface area contributed by atoms with Gasteiger partial charge in [0.1, 0.15) is 0 Å². The highest BCUT2D eigenvalue weighted by atomic mass is 16.6. The van der Waals surface area contributed by atoms with Gasteiger partial charge < -0.3 is 4.98 Å². The van der Waals surface area contributed by atoms with Gasteiger partial charge in [-0.2, -0.15) is 0 Å². The molecule has 1 amide bonds. The van der Waals surface area contributed by atoms with Crippen molar-refractivity contribution in [1.29, 1.82) is 0 Å². The maximum absolute atomic E-state index is 13.2. The molecule has 4 aromatic rings. The fourth-order valence-corrected chi connectivity index (χ4v) is 3.69. The minimum Gasteiger partial charge on any atom is -0.354 e. The molecule has 0 radical (unpaired) electrons. The van der Waals surface area contributed by atoms with Crippen molar-refractivity contribution in [2.75, 3.05) is 7.11 Å². The van der Waals surface area contributed by atoms with Crippen LogP contribution >= 0.6 is 0 Å². The highest BCUT2D eigenvalue weighted by molar-refractivity contribution is 6.29. The summed E-state index contributed by atoms with van der Waals surface area (Å²) in [6.07, 6.45) is 0. The molecule has 144 valence electrons. The lowest BCUT2D eigenvalue weighted by Gasteiger charge is -2.16. The molecule has 0 aliphatic heterocycles. The van der Waals surface area contributed by atoms with Crippen LogP contribution in [-0.4, -0.2) is 18.0 Å². The van der Waals surface area contributed by atoms with Crippen LogP contribution < -0.4 is 5.48 Å². The first-order valence-electron chi connectivity index (χ1n) is 9.47. The third kappa shape index (κ3) is 3.58. The van der Waals surface area contributed by atoms with E-state index in [0.29, 0.717) is 5.57 Å². The molecule has 2 N–H and O–H groups in total. The summed E-state index contributed by atoms with van der Waals surface area (Å²) in [5, 5.41) is 1.13.